The molecule has 3 rings (SSSR count). The van der Waals surface area contributed by atoms with Crippen molar-refractivity contribution in [3.8, 4) is 11.6 Å². The minimum Gasteiger partial charge on any atom is -0.439 e. The summed E-state index contributed by atoms with van der Waals surface area (Å²) in [4.78, 5) is 11.9. The van der Waals surface area contributed by atoms with Crippen molar-refractivity contribution in [1.82, 2.24) is 15.1 Å². The molecule has 1 atom stereocenters. The second-order valence-corrected chi connectivity index (χ2v) is 5.08. The molecule has 0 saturated heterocycles. The number of amides is 1. The van der Waals surface area contributed by atoms with E-state index in [0.717, 1.165) is 23.5 Å². The minimum atomic E-state index is -0.280. The Labute approximate surface area is 123 Å². The summed E-state index contributed by atoms with van der Waals surface area (Å²) in [7, 11) is 1.83. The van der Waals surface area contributed by atoms with Crippen molar-refractivity contribution in [2.24, 2.45) is 7.05 Å². The predicted molar refractivity (Wildman–Crippen MR) is 79.5 cm³/mol. The number of hydrogen-bond acceptors (Lipinski definition) is 4. The molecule has 1 unspecified atom stereocenters. The van der Waals surface area contributed by atoms with Gasteiger partial charge in [-0.25, -0.2) is 4.68 Å². The number of nitrogens with zero attached hydrogens (tertiary/aromatic N) is 2. The highest BCUT2D eigenvalue weighted by molar-refractivity contribution is 6.02. The third-order valence-corrected chi connectivity index (χ3v) is 3.45. The largest absolute Gasteiger partial charge is 0.439 e. The zero-order chi connectivity index (χ0) is 15.0. The minimum absolute atomic E-state index is 0.0274. The summed E-state index contributed by atoms with van der Waals surface area (Å²) in [5.74, 6) is 1.31. The lowest BCUT2D eigenvalue weighted by molar-refractivity contribution is -0.117. The number of fused-ring (bicyclic) bond motifs is 1. The van der Waals surface area contributed by atoms with Crippen molar-refractivity contribution in [2.75, 3.05) is 11.9 Å². The van der Waals surface area contributed by atoms with E-state index in [0.29, 0.717) is 11.6 Å². The second kappa shape index (κ2) is 5.21. The number of likely N-dealkylation sites (N-methyl/N-ethyl adjacent to an activating group) is 1. The van der Waals surface area contributed by atoms with Gasteiger partial charge >= 0.3 is 0 Å². The number of nitrogens with one attached hydrogen (secondary N) is 2. The predicted octanol–water partition coefficient (Wildman–Crippen LogP) is 2.12. The quantitative estimate of drug-likeness (QED) is 0.903. The van der Waals surface area contributed by atoms with Crippen LogP contribution in [0.1, 0.15) is 24.2 Å². The van der Waals surface area contributed by atoms with Crippen LogP contribution in [0.4, 0.5) is 5.69 Å². The molecule has 2 N–H and O–H groups in total. The van der Waals surface area contributed by atoms with Gasteiger partial charge in [0.15, 0.2) is 0 Å². The molecule has 0 bridgehead atoms. The first-order valence-electron chi connectivity index (χ1n) is 6.95. The first kappa shape index (κ1) is 13.6. The van der Waals surface area contributed by atoms with Crippen LogP contribution in [0.25, 0.3) is 0 Å². The molecule has 1 aromatic carbocycles. The smallest absolute Gasteiger partial charge is 0.246 e. The Kier molecular flexibility index (Phi) is 3.39. The Morgan fingerprint density at radius 1 is 1.43 bits per heavy atom. The maximum absolute atomic E-state index is 11.9. The highest BCUT2D eigenvalue weighted by Gasteiger charge is 2.29. The van der Waals surface area contributed by atoms with Gasteiger partial charge in [0.2, 0.25) is 11.8 Å². The summed E-state index contributed by atoms with van der Waals surface area (Å²) in [5.41, 5.74) is 2.65. The van der Waals surface area contributed by atoms with Crippen molar-refractivity contribution in [3.05, 3.63) is 35.5 Å². The first-order chi connectivity index (χ1) is 10.1. The van der Waals surface area contributed by atoms with Gasteiger partial charge in [-0.1, -0.05) is 13.0 Å². The van der Waals surface area contributed by atoms with Crippen LogP contribution >= 0.6 is 0 Å². The van der Waals surface area contributed by atoms with Crippen molar-refractivity contribution in [3.63, 3.8) is 0 Å². The Hall–Kier alpha value is -2.34. The van der Waals surface area contributed by atoms with Gasteiger partial charge in [-0.3, -0.25) is 4.79 Å². The fraction of sp³-hybridized carbons (Fsp3) is 0.333. The van der Waals surface area contributed by atoms with Crippen molar-refractivity contribution in [1.29, 1.82) is 0 Å². The molecule has 2 aromatic rings. The maximum atomic E-state index is 11.9. The summed E-state index contributed by atoms with van der Waals surface area (Å²) in [6.07, 6.45) is 0. The third-order valence-electron chi connectivity index (χ3n) is 3.45. The molecule has 0 fully saturated rings. The number of anilines is 1. The molecular formula is C15H18N4O2. The van der Waals surface area contributed by atoms with E-state index in [1.165, 1.54) is 0 Å². The molecular weight excluding hydrogens is 268 g/mol. The number of aromatic nitrogens is 2. The SMILES string of the molecule is CCNC1C(=O)Nc2cc(Oc3cc(C)nn3C)ccc21. The van der Waals surface area contributed by atoms with Crippen LogP contribution in [0.3, 0.4) is 0 Å². The molecule has 1 aromatic heterocycles. The molecule has 110 valence electrons. The average molecular weight is 286 g/mol. The van der Waals surface area contributed by atoms with Crippen LogP contribution in [0.15, 0.2) is 24.3 Å². The van der Waals surface area contributed by atoms with Gasteiger partial charge in [0.1, 0.15) is 11.8 Å². The molecule has 6 nitrogen and oxygen atoms in total. The second-order valence-electron chi connectivity index (χ2n) is 5.08. The molecule has 1 aliphatic rings. The van der Waals surface area contributed by atoms with E-state index in [9.17, 15) is 4.79 Å². The van der Waals surface area contributed by atoms with E-state index in [2.05, 4.69) is 15.7 Å². The highest BCUT2D eigenvalue weighted by atomic mass is 16.5. The topological polar surface area (TPSA) is 68.2 Å². The molecule has 2 heterocycles. The van der Waals surface area contributed by atoms with E-state index in [-0.39, 0.29) is 11.9 Å². The Bertz CT molecular complexity index is 693. The first-order valence-corrected chi connectivity index (χ1v) is 6.95. The Morgan fingerprint density at radius 3 is 2.90 bits per heavy atom. The Balaban J connectivity index is 1.86. The fourth-order valence-electron chi connectivity index (χ4n) is 2.51. The lowest BCUT2D eigenvalue weighted by Crippen LogP contribution is -2.27. The van der Waals surface area contributed by atoms with Crippen LogP contribution < -0.4 is 15.4 Å². The normalized spacial score (nSPS) is 16.7. The standard InChI is InChI=1S/C15H18N4O2/c1-4-16-14-11-6-5-10(8-12(11)17-15(14)20)21-13-7-9(2)18-19(13)3/h5-8,14,16H,4H2,1-3H3,(H,17,20). The van der Waals surface area contributed by atoms with Crippen LogP contribution in [0.2, 0.25) is 0 Å². The van der Waals surface area contributed by atoms with E-state index < -0.39 is 0 Å². The number of rotatable bonds is 4. The molecule has 1 amide bonds. The average Bonchev–Trinajstić information content (AvgIpc) is 2.90. The van der Waals surface area contributed by atoms with Crippen molar-refractivity contribution < 1.29 is 9.53 Å². The summed E-state index contributed by atoms with van der Waals surface area (Å²) in [5, 5.41) is 10.3. The summed E-state index contributed by atoms with van der Waals surface area (Å²) >= 11 is 0. The van der Waals surface area contributed by atoms with Gasteiger partial charge in [-0.15, -0.1) is 0 Å². The lowest BCUT2D eigenvalue weighted by Gasteiger charge is -2.10. The zero-order valence-corrected chi connectivity index (χ0v) is 12.3. The summed E-state index contributed by atoms with van der Waals surface area (Å²) in [6, 6.07) is 7.21. The fourth-order valence-corrected chi connectivity index (χ4v) is 2.51. The van der Waals surface area contributed by atoms with Crippen LogP contribution in [-0.4, -0.2) is 22.2 Å². The highest BCUT2D eigenvalue weighted by Crippen LogP contribution is 2.35. The number of benzene rings is 1. The maximum Gasteiger partial charge on any atom is 0.246 e. The Morgan fingerprint density at radius 2 is 2.24 bits per heavy atom. The molecule has 0 radical (unpaired) electrons. The van der Waals surface area contributed by atoms with Gasteiger partial charge in [-0.05, 0) is 19.5 Å². The van der Waals surface area contributed by atoms with Crippen molar-refractivity contribution >= 4 is 11.6 Å². The van der Waals surface area contributed by atoms with Crippen LogP contribution in [-0.2, 0) is 11.8 Å². The zero-order valence-electron chi connectivity index (χ0n) is 12.3. The van der Waals surface area contributed by atoms with Gasteiger partial charge in [0.25, 0.3) is 0 Å². The number of carbonyl (C=O) groups excluding carboxylic acids is 1. The number of carbonyl (C=O) groups is 1. The number of ether oxygens (including phenoxy) is 1. The van der Waals surface area contributed by atoms with E-state index in [1.54, 1.807) is 4.68 Å². The lowest BCUT2D eigenvalue weighted by atomic mass is 10.1. The monoisotopic (exact) mass is 286 g/mol. The van der Waals surface area contributed by atoms with E-state index >= 15 is 0 Å². The summed E-state index contributed by atoms with van der Waals surface area (Å²) < 4.78 is 7.50. The molecule has 0 spiro atoms. The van der Waals surface area contributed by atoms with Crippen molar-refractivity contribution in [2.45, 2.75) is 19.9 Å². The van der Waals surface area contributed by atoms with Gasteiger partial charge in [0, 0.05) is 30.4 Å². The van der Waals surface area contributed by atoms with Gasteiger partial charge < -0.3 is 15.4 Å². The van der Waals surface area contributed by atoms with Crippen LogP contribution in [0, 0.1) is 6.92 Å². The third kappa shape index (κ3) is 2.50. The van der Waals surface area contributed by atoms with Gasteiger partial charge in [0.05, 0.1) is 5.69 Å². The molecule has 0 aliphatic carbocycles. The summed E-state index contributed by atoms with van der Waals surface area (Å²) in [6.45, 7) is 4.63. The van der Waals surface area contributed by atoms with Gasteiger partial charge in [-0.2, -0.15) is 5.10 Å². The molecule has 1 aliphatic heterocycles. The number of aryl methyl sites for hydroxylation is 2. The molecule has 6 heteroatoms. The number of hydrogen-bond donors (Lipinski definition) is 2. The molecule has 0 saturated carbocycles. The van der Waals surface area contributed by atoms with E-state index in [1.807, 2.05) is 45.2 Å². The van der Waals surface area contributed by atoms with Crippen LogP contribution in [0.5, 0.6) is 11.6 Å². The molecule has 21 heavy (non-hydrogen) atoms. The van der Waals surface area contributed by atoms with E-state index in [4.69, 9.17) is 4.74 Å².